The number of piperazine rings is 1. The number of ether oxygens (including phenoxy) is 1. The van der Waals surface area contributed by atoms with Crippen molar-refractivity contribution in [2.45, 2.75) is 52.1 Å². The molecule has 0 radical (unpaired) electrons. The van der Waals surface area contributed by atoms with E-state index >= 15 is 0 Å². The van der Waals surface area contributed by atoms with Crippen molar-refractivity contribution in [2.24, 2.45) is 0 Å². The first-order chi connectivity index (χ1) is 16.4. The monoisotopic (exact) mass is 491 g/mol. The Morgan fingerprint density at radius 2 is 1.68 bits per heavy atom. The first kappa shape index (κ1) is 26.0. The van der Waals surface area contributed by atoms with E-state index in [1.54, 1.807) is 11.1 Å². The lowest BCUT2D eigenvalue weighted by atomic mass is 10.2. The highest BCUT2D eigenvalue weighted by atomic mass is 32.2. The molecule has 0 unspecified atom stereocenters. The Kier molecular flexibility index (Phi) is 8.96. The number of hydrogen-bond donors (Lipinski definition) is 0. The molecule has 1 saturated heterocycles. The molecule has 0 saturated carbocycles. The van der Waals surface area contributed by atoms with Gasteiger partial charge in [0.15, 0.2) is 0 Å². The minimum Gasteiger partial charge on any atom is -0.492 e. The standard InChI is InChI=1S/C24H37N5O4S/c1-5-13-27(14-6-2)24(30)20-19-28(7-3)25-23(20)34(31,32)29-17-15-26(16-18-29)21-11-9-10-12-22(21)33-8-4/h9-12,19H,5-8,13-18H2,1-4H3. The summed E-state index contributed by atoms with van der Waals surface area (Å²) in [6.07, 6.45) is 3.18. The molecule has 0 N–H and O–H groups in total. The Hall–Kier alpha value is -2.59. The van der Waals surface area contributed by atoms with E-state index in [0.29, 0.717) is 52.4 Å². The predicted octanol–water partition coefficient (Wildman–Crippen LogP) is 3.07. The van der Waals surface area contributed by atoms with E-state index < -0.39 is 10.0 Å². The number of amides is 1. The second-order valence-corrected chi connectivity index (χ2v) is 10.1. The van der Waals surface area contributed by atoms with Gasteiger partial charge in [-0.05, 0) is 38.8 Å². The van der Waals surface area contributed by atoms with Gasteiger partial charge in [0.2, 0.25) is 5.03 Å². The first-order valence-corrected chi connectivity index (χ1v) is 13.6. The molecule has 188 valence electrons. The van der Waals surface area contributed by atoms with Crippen LogP contribution in [0.2, 0.25) is 0 Å². The summed E-state index contributed by atoms with van der Waals surface area (Å²) >= 11 is 0. The van der Waals surface area contributed by atoms with Crippen LogP contribution in [-0.4, -0.2) is 79.2 Å². The third kappa shape index (κ3) is 5.55. The minimum absolute atomic E-state index is 0.139. The van der Waals surface area contributed by atoms with Crippen LogP contribution in [0.15, 0.2) is 35.5 Å². The number of sulfonamides is 1. The summed E-state index contributed by atoms with van der Waals surface area (Å²) in [6.45, 7) is 11.7. The number of carbonyl (C=O) groups is 1. The van der Waals surface area contributed by atoms with Crippen LogP contribution in [0.5, 0.6) is 5.75 Å². The van der Waals surface area contributed by atoms with Gasteiger partial charge in [0.1, 0.15) is 5.75 Å². The molecule has 34 heavy (non-hydrogen) atoms. The van der Waals surface area contributed by atoms with E-state index in [0.717, 1.165) is 24.3 Å². The molecular formula is C24H37N5O4S. The van der Waals surface area contributed by atoms with Gasteiger partial charge in [-0.1, -0.05) is 26.0 Å². The van der Waals surface area contributed by atoms with E-state index in [1.807, 2.05) is 52.0 Å². The fourth-order valence-electron chi connectivity index (χ4n) is 4.22. The van der Waals surface area contributed by atoms with Gasteiger partial charge in [-0.15, -0.1) is 0 Å². The Morgan fingerprint density at radius 1 is 1.03 bits per heavy atom. The number of aryl methyl sites for hydroxylation is 1. The summed E-state index contributed by atoms with van der Waals surface area (Å²) in [7, 11) is -3.92. The van der Waals surface area contributed by atoms with E-state index in [4.69, 9.17) is 4.74 Å². The van der Waals surface area contributed by atoms with Crippen molar-refractivity contribution in [1.29, 1.82) is 0 Å². The highest BCUT2D eigenvalue weighted by Crippen LogP contribution is 2.30. The highest BCUT2D eigenvalue weighted by Gasteiger charge is 2.36. The van der Waals surface area contributed by atoms with Crippen LogP contribution in [0, 0.1) is 0 Å². The van der Waals surface area contributed by atoms with Gasteiger partial charge < -0.3 is 14.5 Å². The van der Waals surface area contributed by atoms with Crippen molar-refractivity contribution in [2.75, 3.05) is 50.8 Å². The van der Waals surface area contributed by atoms with E-state index in [-0.39, 0.29) is 16.5 Å². The smallest absolute Gasteiger partial charge is 0.263 e. The van der Waals surface area contributed by atoms with Gasteiger partial charge >= 0.3 is 0 Å². The number of carbonyl (C=O) groups excluding carboxylic acids is 1. The summed E-state index contributed by atoms with van der Waals surface area (Å²) in [5.41, 5.74) is 1.12. The van der Waals surface area contributed by atoms with Gasteiger partial charge in [0, 0.05) is 52.0 Å². The maximum atomic E-state index is 13.6. The third-order valence-corrected chi connectivity index (χ3v) is 7.72. The first-order valence-electron chi connectivity index (χ1n) is 12.2. The van der Waals surface area contributed by atoms with Crippen LogP contribution < -0.4 is 9.64 Å². The van der Waals surface area contributed by atoms with Crippen LogP contribution in [0.3, 0.4) is 0 Å². The fourth-order valence-corrected chi connectivity index (χ4v) is 5.73. The molecule has 9 nitrogen and oxygen atoms in total. The van der Waals surface area contributed by atoms with Crippen LogP contribution in [0.1, 0.15) is 50.9 Å². The Morgan fingerprint density at radius 3 is 2.26 bits per heavy atom. The number of para-hydroxylation sites is 2. The quantitative estimate of drug-likeness (QED) is 0.480. The molecule has 0 atom stereocenters. The van der Waals surface area contributed by atoms with Gasteiger partial charge in [-0.3, -0.25) is 9.48 Å². The fraction of sp³-hybridized carbons (Fsp3) is 0.583. The molecule has 1 aromatic heterocycles. The molecule has 0 spiro atoms. The van der Waals surface area contributed by atoms with Crippen molar-refractivity contribution in [3.63, 3.8) is 0 Å². The highest BCUT2D eigenvalue weighted by molar-refractivity contribution is 7.89. The number of rotatable bonds is 11. The molecule has 0 bridgehead atoms. The number of aromatic nitrogens is 2. The average Bonchev–Trinajstić information content (AvgIpc) is 3.30. The molecule has 2 heterocycles. The molecule has 1 aromatic carbocycles. The molecule has 10 heteroatoms. The van der Waals surface area contributed by atoms with Gasteiger partial charge in [0.25, 0.3) is 15.9 Å². The van der Waals surface area contributed by atoms with Gasteiger partial charge in [-0.2, -0.15) is 9.40 Å². The lowest BCUT2D eigenvalue weighted by molar-refractivity contribution is 0.0751. The minimum atomic E-state index is -3.92. The molecule has 1 aliphatic heterocycles. The van der Waals surface area contributed by atoms with Crippen molar-refractivity contribution in [1.82, 2.24) is 19.0 Å². The normalized spacial score (nSPS) is 14.9. The van der Waals surface area contributed by atoms with Gasteiger partial charge in [-0.25, -0.2) is 8.42 Å². The Balaban J connectivity index is 1.83. The Bertz CT molecular complexity index is 1060. The predicted molar refractivity (Wildman–Crippen MR) is 133 cm³/mol. The molecular weight excluding hydrogens is 454 g/mol. The zero-order valence-corrected chi connectivity index (χ0v) is 21.6. The lowest BCUT2D eigenvalue weighted by Crippen LogP contribution is -2.49. The van der Waals surface area contributed by atoms with Crippen molar-refractivity contribution < 1.29 is 17.9 Å². The summed E-state index contributed by atoms with van der Waals surface area (Å²) in [4.78, 5) is 17.2. The molecule has 1 fully saturated rings. The number of nitrogens with zero attached hydrogens (tertiary/aromatic N) is 5. The summed E-state index contributed by atoms with van der Waals surface area (Å²) in [5, 5.41) is 4.18. The zero-order chi connectivity index (χ0) is 24.7. The van der Waals surface area contributed by atoms with Crippen molar-refractivity contribution >= 4 is 21.6 Å². The van der Waals surface area contributed by atoms with E-state index in [2.05, 4.69) is 10.00 Å². The number of benzene rings is 1. The average molecular weight is 492 g/mol. The van der Waals surface area contributed by atoms with Gasteiger partial charge in [0.05, 0.1) is 17.9 Å². The second-order valence-electron chi connectivity index (χ2n) is 8.29. The summed E-state index contributed by atoms with van der Waals surface area (Å²) < 4.78 is 36.0. The van der Waals surface area contributed by atoms with Crippen LogP contribution in [0.25, 0.3) is 0 Å². The van der Waals surface area contributed by atoms with Crippen LogP contribution in [-0.2, 0) is 16.6 Å². The molecule has 1 aliphatic rings. The second kappa shape index (κ2) is 11.7. The zero-order valence-electron chi connectivity index (χ0n) is 20.7. The molecule has 0 aliphatic carbocycles. The van der Waals surface area contributed by atoms with Crippen LogP contribution in [0.4, 0.5) is 5.69 Å². The topological polar surface area (TPSA) is 88.0 Å². The number of hydrogen-bond acceptors (Lipinski definition) is 6. The Labute approximate surface area is 203 Å². The summed E-state index contributed by atoms with van der Waals surface area (Å²) in [6, 6.07) is 7.80. The molecule has 3 rings (SSSR count). The van der Waals surface area contributed by atoms with Crippen molar-refractivity contribution in [3.05, 3.63) is 36.0 Å². The molecule has 1 amide bonds. The van der Waals surface area contributed by atoms with E-state index in [9.17, 15) is 13.2 Å². The number of anilines is 1. The molecule has 2 aromatic rings. The third-order valence-electron chi connectivity index (χ3n) is 5.89. The largest absolute Gasteiger partial charge is 0.492 e. The lowest BCUT2D eigenvalue weighted by Gasteiger charge is -2.35. The maximum absolute atomic E-state index is 13.6. The SMILES string of the molecule is CCCN(CCC)C(=O)c1cn(CC)nc1S(=O)(=O)N1CCN(c2ccccc2OCC)CC1. The van der Waals surface area contributed by atoms with E-state index in [1.165, 1.54) is 8.99 Å². The maximum Gasteiger partial charge on any atom is 0.263 e. The van der Waals surface area contributed by atoms with Crippen LogP contribution >= 0.6 is 0 Å². The van der Waals surface area contributed by atoms with Crippen molar-refractivity contribution in [3.8, 4) is 5.75 Å². The summed E-state index contributed by atoms with van der Waals surface area (Å²) in [5.74, 6) is 0.522.